The zero-order valence-corrected chi connectivity index (χ0v) is 48.1. The van der Waals surface area contributed by atoms with Gasteiger partial charge < -0.3 is 20.4 Å². The number of fused-ring (bicyclic) bond motifs is 2. The third kappa shape index (κ3) is 12.4. The molecule has 8 rings (SSSR count). The molecule has 406 valence electrons. The lowest BCUT2D eigenvalue weighted by molar-refractivity contribution is -0.118. The molecule has 4 aromatic carbocycles. The molecule has 0 spiro atoms. The van der Waals surface area contributed by atoms with Crippen molar-refractivity contribution in [3.8, 4) is 22.5 Å². The SMILES string of the molecule is Cc1cc(C)c(NC(=O)CC(C)(C)C)c(C)c1/N=c1\cc2oc3cc(Nc4c(C)cc(C)c(NC(=O)CC(C)(C)C)c4C)c(CN4CCCCC4)cc3c(-c3ccccc3S(=O)(=O)O)c-2cc1S(=O)(=O)N1CCCCC1. The van der Waals surface area contributed by atoms with Gasteiger partial charge in [-0.1, -0.05) is 84.7 Å². The van der Waals surface area contributed by atoms with Gasteiger partial charge in [-0.15, -0.1) is 0 Å². The molecule has 4 aliphatic rings. The highest BCUT2D eigenvalue weighted by Gasteiger charge is 2.33. The van der Waals surface area contributed by atoms with Gasteiger partial charge in [-0.3, -0.25) is 19.0 Å². The van der Waals surface area contributed by atoms with Crippen molar-refractivity contribution in [3.63, 3.8) is 0 Å². The molecule has 0 aromatic heterocycles. The molecule has 0 atom stereocenters. The van der Waals surface area contributed by atoms with Crippen LogP contribution in [-0.4, -0.2) is 68.6 Å². The van der Waals surface area contributed by atoms with Crippen LogP contribution >= 0.6 is 0 Å². The summed E-state index contributed by atoms with van der Waals surface area (Å²) in [7, 11) is -9.09. The fourth-order valence-corrected chi connectivity index (χ4v) is 13.4. The van der Waals surface area contributed by atoms with Crippen LogP contribution in [0.1, 0.15) is 132 Å². The van der Waals surface area contributed by atoms with E-state index < -0.39 is 20.1 Å². The number of aryl methyl sites for hydroxylation is 4. The van der Waals surface area contributed by atoms with Crippen molar-refractivity contribution < 1.29 is 35.4 Å². The minimum atomic E-state index is -4.83. The van der Waals surface area contributed by atoms with E-state index in [0.717, 1.165) is 89.2 Å². The lowest BCUT2D eigenvalue weighted by Gasteiger charge is -2.29. The number of amides is 2. The second-order valence-electron chi connectivity index (χ2n) is 23.6. The number of nitrogens with one attached hydrogen (secondary N) is 3. The van der Waals surface area contributed by atoms with Crippen LogP contribution in [0.4, 0.5) is 28.4 Å². The molecule has 3 heterocycles. The Morgan fingerprint density at radius 1 is 0.645 bits per heavy atom. The van der Waals surface area contributed by atoms with Crippen molar-refractivity contribution in [2.45, 2.75) is 151 Å². The molecule has 76 heavy (non-hydrogen) atoms. The number of carbonyl (C=O) groups excluding carboxylic acids is 2. The van der Waals surface area contributed by atoms with E-state index in [1.165, 1.54) is 16.4 Å². The molecule has 0 unspecified atom stereocenters. The first-order valence-corrected chi connectivity index (χ1v) is 29.5. The van der Waals surface area contributed by atoms with E-state index in [9.17, 15) is 22.6 Å². The van der Waals surface area contributed by atoms with Crippen LogP contribution in [0.3, 0.4) is 0 Å². The van der Waals surface area contributed by atoms with Crippen molar-refractivity contribution >= 4 is 71.4 Å². The van der Waals surface area contributed by atoms with Gasteiger partial charge in [0, 0.05) is 89.4 Å². The van der Waals surface area contributed by atoms with Crippen LogP contribution < -0.4 is 21.3 Å². The summed E-state index contributed by atoms with van der Waals surface area (Å²) in [5.41, 5.74) is 9.89. The highest BCUT2D eigenvalue weighted by molar-refractivity contribution is 7.89. The van der Waals surface area contributed by atoms with E-state index in [4.69, 9.17) is 9.41 Å². The molecular formula is C60H76N6O8S2. The number of carbonyl (C=O) groups is 2. The first kappa shape index (κ1) is 56.3. The van der Waals surface area contributed by atoms with Crippen molar-refractivity contribution in [2.75, 3.05) is 42.1 Å². The van der Waals surface area contributed by atoms with Gasteiger partial charge in [-0.05, 0) is 148 Å². The number of hydrogen-bond donors (Lipinski definition) is 4. The molecule has 0 bridgehead atoms. The molecule has 0 saturated carbocycles. The molecule has 16 heteroatoms. The van der Waals surface area contributed by atoms with Gasteiger partial charge in [0.25, 0.3) is 10.1 Å². The summed E-state index contributed by atoms with van der Waals surface area (Å²) in [5, 5.41) is 10.7. The third-order valence-electron chi connectivity index (χ3n) is 14.5. The van der Waals surface area contributed by atoms with Gasteiger partial charge in [0.1, 0.15) is 21.1 Å². The number of nitrogens with zero attached hydrogens (tertiary/aromatic N) is 3. The van der Waals surface area contributed by atoms with Crippen LogP contribution in [0.15, 0.2) is 79.9 Å². The third-order valence-corrected chi connectivity index (χ3v) is 17.4. The van der Waals surface area contributed by atoms with Gasteiger partial charge in [0.05, 0.1) is 11.0 Å². The highest BCUT2D eigenvalue weighted by Crippen LogP contribution is 2.46. The summed E-state index contributed by atoms with van der Waals surface area (Å²) in [4.78, 5) is 34.0. The van der Waals surface area contributed by atoms with Crippen LogP contribution in [0, 0.1) is 52.4 Å². The fraction of sp³-hybridized carbons (Fsp3) is 0.450. The number of piperidine rings is 2. The minimum absolute atomic E-state index is 0.0811. The summed E-state index contributed by atoms with van der Waals surface area (Å²) in [5.74, 6) is -0.0198. The van der Waals surface area contributed by atoms with Crippen LogP contribution in [0.25, 0.3) is 33.4 Å². The minimum Gasteiger partial charge on any atom is -0.456 e. The fourth-order valence-electron chi connectivity index (χ4n) is 11.0. The summed E-state index contributed by atoms with van der Waals surface area (Å²) >= 11 is 0. The second-order valence-corrected chi connectivity index (χ2v) is 26.9. The Hall–Kier alpha value is -5.91. The summed E-state index contributed by atoms with van der Waals surface area (Å²) < 4.78 is 76.8. The first-order valence-electron chi connectivity index (χ1n) is 26.6. The van der Waals surface area contributed by atoms with Crippen LogP contribution in [0.2, 0.25) is 0 Å². The lowest BCUT2D eigenvalue weighted by atomic mass is 9.91. The topological polar surface area (TPSA) is 191 Å². The van der Waals surface area contributed by atoms with Gasteiger partial charge >= 0.3 is 0 Å². The lowest BCUT2D eigenvalue weighted by Crippen LogP contribution is -2.38. The molecule has 0 radical (unpaired) electrons. The molecule has 4 N–H and O–H groups in total. The maximum atomic E-state index is 15.3. The van der Waals surface area contributed by atoms with E-state index in [-0.39, 0.29) is 55.5 Å². The molecule has 4 aromatic rings. The Bertz CT molecular complexity index is 3520. The zero-order chi connectivity index (χ0) is 55.2. The predicted molar refractivity (Wildman–Crippen MR) is 305 cm³/mol. The smallest absolute Gasteiger partial charge is 0.295 e. The number of hydrogen-bond acceptors (Lipinski definition) is 10. The van der Waals surface area contributed by atoms with Crippen molar-refractivity contribution in [1.29, 1.82) is 0 Å². The van der Waals surface area contributed by atoms with Gasteiger partial charge in [-0.25, -0.2) is 13.4 Å². The molecule has 3 aliphatic heterocycles. The van der Waals surface area contributed by atoms with Gasteiger partial charge in [0.15, 0.2) is 0 Å². The number of likely N-dealkylation sites (tertiary alicyclic amines) is 1. The average molecular weight is 1070 g/mol. The average Bonchev–Trinajstić information content (AvgIpc) is 3.33. The van der Waals surface area contributed by atoms with Gasteiger partial charge in [0.2, 0.25) is 21.8 Å². The molecular weight excluding hydrogens is 997 g/mol. The monoisotopic (exact) mass is 1070 g/mol. The Morgan fingerprint density at radius 3 is 1.79 bits per heavy atom. The van der Waals surface area contributed by atoms with E-state index in [2.05, 4.69) is 26.9 Å². The first-order chi connectivity index (χ1) is 35.6. The number of anilines is 4. The van der Waals surface area contributed by atoms with E-state index >= 15 is 8.42 Å². The molecule has 14 nitrogen and oxygen atoms in total. The highest BCUT2D eigenvalue weighted by atomic mass is 32.2. The Kier molecular flexibility index (Phi) is 16.2. The van der Waals surface area contributed by atoms with E-state index in [1.807, 2.05) is 101 Å². The Balaban J connectivity index is 1.45. The number of benzene rings is 5. The molecule has 2 saturated heterocycles. The van der Waals surface area contributed by atoms with Crippen LogP contribution in [0.5, 0.6) is 0 Å². The van der Waals surface area contributed by atoms with Gasteiger partial charge in [-0.2, -0.15) is 12.7 Å². The maximum absolute atomic E-state index is 15.3. The molecule has 2 fully saturated rings. The van der Waals surface area contributed by atoms with Crippen molar-refractivity contribution in [3.05, 3.63) is 105 Å². The zero-order valence-electron chi connectivity index (χ0n) is 46.4. The normalized spacial score (nSPS) is 15.6. The van der Waals surface area contributed by atoms with Crippen LogP contribution in [-0.2, 0) is 36.3 Å². The number of rotatable bonds is 13. The largest absolute Gasteiger partial charge is 0.456 e. The molecule has 2 amide bonds. The Labute approximate surface area is 449 Å². The Morgan fingerprint density at radius 2 is 1.20 bits per heavy atom. The van der Waals surface area contributed by atoms with Crippen molar-refractivity contribution in [2.24, 2.45) is 15.8 Å². The summed E-state index contributed by atoms with van der Waals surface area (Å²) in [6, 6.07) is 17.2. The quantitative estimate of drug-likeness (QED) is 0.0639. The van der Waals surface area contributed by atoms with E-state index in [1.54, 1.807) is 24.3 Å². The maximum Gasteiger partial charge on any atom is 0.295 e. The van der Waals surface area contributed by atoms with Crippen molar-refractivity contribution in [1.82, 2.24) is 9.21 Å². The standard InChI is InChI=1S/C60H76N6O8S2/c1-36-27-38(3)57(63-52(67)33-59(7,8)9)40(5)55(36)61-46-31-48-44(29-42(46)35-65-23-17-13-18-24-65)54(43-21-15-16-22-50(43)76(71,72)73)45-30-51(75(69,70)66-25-19-14-20-26-66)47(32-49(45)74-48)62-56-37(2)28-39(4)58(41(56)6)64-53(68)34-60(10,11)12/h15-16,21-22,27-32,61H,13-14,17-20,23-26,33-35H2,1-12H3,(H,63,67)(H,64,68)(H,71,72,73)/b62-47+. The summed E-state index contributed by atoms with van der Waals surface area (Å²) in [6.07, 6.45) is 6.08. The van der Waals surface area contributed by atoms with E-state index in [0.29, 0.717) is 77.9 Å². The number of sulfonamides is 1. The summed E-state index contributed by atoms with van der Waals surface area (Å²) in [6.45, 7) is 26.7. The second kappa shape index (κ2) is 21.8. The predicted octanol–water partition coefficient (Wildman–Crippen LogP) is 13.2. The molecule has 1 aliphatic carbocycles.